The molecular formula is C9H16N2OS. The highest BCUT2D eigenvalue weighted by Crippen LogP contribution is 2.19. The highest BCUT2D eigenvalue weighted by molar-refractivity contribution is 7.99. The van der Waals surface area contributed by atoms with Gasteiger partial charge in [-0.25, -0.2) is 4.98 Å². The Labute approximate surface area is 83.3 Å². The minimum atomic E-state index is 0.505. The highest BCUT2D eigenvalue weighted by atomic mass is 32.2. The maximum Gasteiger partial charge on any atom is 0.255 e. The molecule has 0 bridgehead atoms. The molecule has 0 aliphatic carbocycles. The van der Waals surface area contributed by atoms with Gasteiger partial charge in [-0.2, -0.15) is 0 Å². The van der Waals surface area contributed by atoms with Gasteiger partial charge in [-0.1, -0.05) is 25.6 Å². The Kier molecular flexibility index (Phi) is 4.93. The lowest BCUT2D eigenvalue weighted by molar-refractivity contribution is 0.453. The van der Waals surface area contributed by atoms with Crippen molar-refractivity contribution in [3.63, 3.8) is 0 Å². The van der Waals surface area contributed by atoms with Crippen LogP contribution in [0.1, 0.15) is 20.3 Å². The maximum atomic E-state index is 5.13. The first kappa shape index (κ1) is 10.6. The molecule has 0 aliphatic heterocycles. The zero-order chi connectivity index (χ0) is 9.52. The van der Waals surface area contributed by atoms with Crippen molar-refractivity contribution in [2.75, 3.05) is 13.1 Å². The summed E-state index contributed by atoms with van der Waals surface area (Å²) in [6.45, 7) is 6.41. The van der Waals surface area contributed by atoms with E-state index in [1.54, 1.807) is 24.2 Å². The van der Waals surface area contributed by atoms with Gasteiger partial charge in [0.15, 0.2) is 0 Å². The molecule has 3 nitrogen and oxygen atoms in total. The molecule has 0 radical (unpaired) electrons. The van der Waals surface area contributed by atoms with Crippen molar-refractivity contribution in [3.8, 4) is 0 Å². The standard InChI is InChI=1S/C9H16N2OS/c1-3-4-10-7-8(2)13-9-11-5-6-12-9/h5-6,8,10H,3-4,7H2,1-2H3. The summed E-state index contributed by atoms with van der Waals surface area (Å²) in [5.41, 5.74) is 0. The molecule has 0 aromatic carbocycles. The lowest BCUT2D eigenvalue weighted by atomic mass is 10.4. The van der Waals surface area contributed by atoms with Crippen LogP contribution in [0.15, 0.2) is 22.1 Å². The molecule has 1 aromatic heterocycles. The van der Waals surface area contributed by atoms with Crippen LogP contribution >= 0.6 is 11.8 Å². The fourth-order valence-electron chi connectivity index (χ4n) is 0.964. The topological polar surface area (TPSA) is 38.1 Å². The molecule has 13 heavy (non-hydrogen) atoms. The van der Waals surface area contributed by atoms with E-state index in [1.807, 2.05) is 0 Å². The molecule has 1 rings (SSSR count). The van der Waals surface area contributed by atoms with Crippen LogP contribution in [0.4, 0.5) is 0 Å². The molecule has 1 aromatic rings. The van der Waals surface area contributed by atoms with Crippen molar-refractivity contribution in [2.24, 2.45) is 0 Å². The van der Waals surface area contributed by atoms with Crippen LogP contribution in [0.3, 0.4) is 0 Å². The summed E-state index contributed by atoms with van der Waals surface area (Å²) in [6.07, 6.45) is 4.46. The summed E-state index contributed by atoms with van der Waals surface area (Å²) in [7, 11) is 0. The summed E-state index contributed by atoms with van der Waals surface area (Å²) in [6, 6.07) is 0. The molecule has 1 atom stereocenters. The number of nitrogens with one attached hydrogen (secondary N) is 1. The first-order valence-corrected chi connectivity index (χ1v) is 5.47. The van der Waals surface area contributed by atoms with Gasteiger partial charge in [0.1, 0.15) is 6.26 Å². The van der Waals surface area contributed by atoms with Crippen molar-refractivity contribution in [2.45, 2.75) is 30.7 Å². The molecule has 1 heterocycles. The number of thioether (sulfide) groups is 1. The maximum absolute atomic E-state index is 5.13. The minimum absolute atomic E-state index is 0.505. The van der Waals surface area contributed by atoms with Gasteiger partial charge < -0.3 is 9.73 Å². The fourth-order valence-corrected chi connectivity index (χ4v) is 1.74. The third-order valence-electron chi connectivity index (χ3n) is 1.57. The van der Waals surface area contributed by atoms with Crippen LogP contribution in [-0.4, -0.2) is 23.3 Å². The monoisotopic (exact) mass is 200 g/mol. The molecule has 74 valence electrons. The second kappa shape index (κ2) is 6.05. The van der Waals surface area contributed by atoms with E-state index in [-0.39, 0.29) is 0 Å². The van der Waals surface area contributed by atoms with Crippen molar-refractivity contribution in [1.82, 2.24) is 10.3 Å². The average Bonchev–Trinajstić information content (AvgIpc) is 2.57. The van der Waals surface area contributed by atoms with Gasteiger partial charge in [0.25, 0.3) is 5.22 Å². The Balaban J connectivity index is 2.14. The fraction of sp³-hybridized carbons (Fsp3) is 0.667. The van der Waals surface area contributed by atoms with Crippen molar-refractivity contribution < 1.29 is 4.42 Å². The summed E-state index contributed by atoms with van der Waals surface area (Å²) in [5, 5.41) is 4.62. The molecule has 4 heteroatoms. The van der Waals surface area contributed by atoms with Gasteiger partial charge in [-0.05, 0) is 13.0 Å². The molecule has 1 N–H and O–H groups in total. The second-order valence-corrected chi connectivity index (χ2v) is 4.32. The molecule has 0 aliphatic rings. The number of rotatable bonds is 6. The van der Waals surface area contributed by atoms with E-state index >= 15 is 0 Å². The summed E-state index contributed by atoms with van der Waals surface area (Å²) < 4.78 is 5.13. The predicted molar refractivity (Wildman–Crippen MR) is 55.0 cm³/mol. The molecule has 0 spiro atoms. The lowest BCUT2D eigenvalue weighted by Gasteiger charge is -2.08. The zero-order valence-electron chi connectivity index (χ0n) is 8.12. The summed E-state index contributed by atoms with van der Waals surface area (Å²) in [4.78, 5) is 4.05. The van der Waals surface area contributed by atoms with E-state index in [1.165, 1.54) is 6.42 Å². The van der Waals surface area contributed by atoms with E-state index < -0.39 is 0 Å². The van der Waals surface area contributed by atoms with Crippen LogP contribution in [-0.2, 0) is 0 Å². The molecule has 0 saturated carbocycles. The van der Waals surface area contributed by atoms with E-state index in [2.05, 4.69) is 24.1 Å². The Morgan fingerprint density at radius 1 is 1.69 bits per heavy atom. The molecule has 0 fully saturated rings. The Morgan fingerprint density at radius 2 is 2.54 bits per heavy atom. The smallest absolute Gasteiger partial charge is 0.255 e. The van der Waals surface area contributed by atoms with E-state index in [9.17, 15) is 0 Å². The van der Waals surface area contributed by atoms with Crippen molar-refractivity contribution in [3.05, 3.63) is 12.5 Å². The Bertz CT molecular complexity index is 213. The Morgan fingerprint density at radius 3 is 3.15 bits per heavy atom. The molecule has 1 unspecified atom stereocenters. The zero-order valence-corrected chi connectivity index (χ0v) is 8.93. The molecular weight excluding hydrogens is 184 g/mol. The quantitative estimate of drug-likeness (QED) is 0.564. The number of hydrogen-bond acceptors (Lipinski definition) is 4. The largest absolute Gasteiger partial charge is 0.440 e. The molecule has 0 saturated heterocycles. The normalized spacial score (nSPS) is 13.1. The third kappa shape index (κ3) is 4.33. The SMILES string of the molecule is CCCNCC(C)Sc1ncco1. The lowest BCUT2D eigenvalue weighted by Crippen LogP contribution is -2.23. The minimum Gasteiger partial charge on any atom is -0.440 e. The average molecular weight is 200 g/mol. The number of oxazole rings is 1. The summed E-state index contributed by atoms with van der Waals surface area (Å²) >= 11 is 1.66. The van der Waals surface area contributed by atoms with Crippen LogP contribution in [0.5, 0.6) is 0 Å². The van der Waals surface area contributed by atoms with Crippen LogP contribution in [0, 0.1) is 0 Å². The van der Waals surface area contributed by atoms with E-state index in [0.717, 1.165) is 18.3 Å². The van der Waals surface area contributed by atoms with Crippen LogP contribution < -0.4 is 5.32 Å². The third-order valence-corrected chi connectivity index (χ3v) is 2.54. The summed E-state index contributed by atoms with van der Waals surface area (Å²) in [5.74, 6) is 0. The van der Waals surface area contributed by atoms with Gasteiger partial charge in [-0.15, -0.1) is 0 Å². The van der Waals surface area contributed by atoms with Gasteiger partial charge in [0, 0.05) is 11.8 Å². The van der Waals surface area contributed by atoms with Gasteiger partial charge >= 0.3 is 0 Å². The first-order chi connectivity index (χ1) is 6.33. The molecule has 0 amide bonds. The second-order valence-electron chi connectivity index (χ2n) is 2.93. The highest BCUT2D eigenvalue weighted by Gasteiger charge is 2.06. The van der Waals surface area contributed by atoms with Gasteiger partial charge in [0.2, 0.25) is 0 Å². The van der Waals surface area contributed by atoms with Gasteiger partial charge in [0.05, 0.1) is 6.20 Å². The van der Waals surface area contributed by atoms with Gasteiger partial charge in [-0.3, -0.25) is 0 Å². The first-order valence-electron chi connectivity index (χ1n) is 4.59. The van der Waals surface area contributed by atoms with Crippen LogP contribution in [0.25, 0.3) is 0 Å². The van der Waals surface area contributed by atoms with Crippen LogP contribution in [0.2, 0.25) is 0 Å². The van der Waals surface area contributed by atoms with E-state index in [4.69, 9.17) is 4.42 Å². The van der Waals surface area contributed by atoms with E-state index in [0.29, 0.717) is 5.25 Å². The van der Waals surface area contributed by atoms with Crippen molar-refractivity contribution in [1.29, 1.82) is 0 Å². The predicted octanol–water partition coefficient (Wildman–Crippen LogP) is 2.15. The van der Waals surface area contributed by atoms with Crippen molar-refractivity contribution >= 4 is 11.8 Å². The Hall–Kier alpha value is -0.480. The number of aromatic nitrogens is 1. The number of hydrogen-bond donors (Lipinski definition) is 1. The number of nitrogens with zero attached hydrogens (tertiary/aromatic N) is 1.